The SMILES string of the molecule is Cc1oc(-c2ccccc2)nc1CC(=O)NCCn1cnc2ccccc21. The molecule has 0 aliphatic heterocycles. The summed E-state index contributed by atoms with van der Waals surface area (Å²) >= 11 is 0. The lowest BCUT2D eigenvalue weighted by molar-refractivity contribution is -0.120. The molecule has 4 rings (SSSR count). The number of benzene rings is 2. The minimum atomic E-state index is -0.0737. The topological polar surface area (TPSA) is 73.0 Å². The minimum Gasteiger partial charge on any atom is -0.441 e. The number of para-hydroxylation sites is 2. The summed E-state index contributed by atoms with van der Waals surface area (Å²) in [7, 11) is 0. The maximum Gasteiger partial charge on any atom is 0.226 e. The van der Waals surface area contributed by atoms with E-state index in [-0.39, 0.29) is 12.3 Å². The Morgan fingerprint density at radius 2 is 1.89 bits per heavy atom. The van der Waals surface area contributed by atoms with Gasteiger partial charge in [-0.2, -0.15) is 0 Å². The van der Waals surface area contributed by atoms with Crippen molar-refractivity contribution in [1.29, 1.82) is 0 Å². The van der Waals surface area contributed by atoms with E-state index in [9.17, 15) is 4.79 Å². The molecular weight excluding hydrogens is 340 g/mol. The molecule has 0 radical (unpaired) electrons. The van der Waals surface area contributed by atoms with Crippen LogP contribution in [0.1, 0.15) is 11.5 Å². The summed E-state index contributed by atoms with van der Waals surface area (Å²) < 4.78 is 7.74. The molecule has 0 aliphatic carbocycles. The predicted octanol–water partition coefficient (Wildman–Crippen LogP) is 3.36. The second-order valence-corrected chi connectivity index (χ2v) is 6.34. The van der Waals surface area contributed by atoms with E-state index >= 15 is 0 Å². The van der Waals surface area contributed by atoms with E-state index < -0.39 is 0 Å². The van der Waals surface area contributed by atoms with E-state index in [1.807, 2.05) is 66.1 Å². The fraction of sp³-hybridized carbons (Fsp3) is 0.190. The summed E-state index contributed by atoms with van der Waals surface area (Å²) in [6.45, 7) is 3.03. The zero-order valence-electron chi connectivity index (χ0n) is 15.1. The van der Waals surface area contributed by atoms with Crippen molar-refractivity contribution in [3.05, 3.63) is 72.4 Å². The average Bonchev–Trinajstić information content (AvgIpc) is 3.27. The van der Waals surface area contributed by atoms with E-state index in [1.165, 1.54) is 0 Å². The number of aryl methyl sites for hydroxylation is 1. The molecule has 0 atom stereocenters. The molecule has 0 fully saturated rings. The molecule has 2 aromatic carbocycles. The van der Waals surface area contributed by atoms with Gasteiger partial charge < -0.3 is 14.3 Å². The smallest absolute Gasteiger partial charge is 0.226 e. The Bertz CT molecular complexity index is 1070. The maximum absolute atomic E-state index is 12.3. The highest BCUT2D eigenvalue weighted by Crippen LogP contribution is 2.21. The van der Waals surface area contributed by atoms with Crippen molar-refractivity contribution in [2.75, 3.05) is 6.54 Å². The lowest BCUT2D eigenvalue weighted by atomic mass is 10.2. The van der Waals surface area contributed by atoms with Gasteiger partial charge in [-0.15, -0.1) is 0 Å². The Morgan fingerprint density at radius 1 is 1.11 bits per heavy atom. The third-order valence-corrected chi connectivity index (χ3v) is 4.44. The van der Waals surface area contributed by atoms with E-state index in [0.29, 0.717) is 30.4 Å². The molecule has 1 N–H and O–H groups in total. The number of carbonyl (C=O) groups is 1. The highest BCUT2D eigenvalue weighted by Gasteiger charge is 2.14. The summed E-state index contributed by atoms with van der Waals surface area (Å²) in [6, 6.07) is 17.6. The van der Waals surface area contributed by atoms with Crippen LogP contribution in [-0.2, 0) is 17.8 Å². The number of nitrogens with zero attached hydrogens (tertiary/aromatic N) is 3. The summed E-state index contributed by atoms with van der Waals surface area (Å²) in [5, 5.41) is 2.94. The molecule has 0 aliphatic rings. The molecule has 1 amide bonds. The highest BCUT2D eigenvalue weighted by atomic mass is 16.4. The molecule has 2 heterocycles. The van der Waals surface area contributed by atoms with Crippen molar-refractivity contribution in [2.45, 2.75) is 19.9 Å². The number of aromatic nitrogens is 3. The lowest BCUT2D eigenvalue weighted by Crippen LogP contribution is -2.28. The van der Waals surface area contributed by atoms with Crippen LogP contribution in [0.2, 0.25) is 0 Å². The van der Waals surface area contributed by atoms with Gasteiger partial charge in [0.25, 0.3) is 0 Å². The second-order valence-electron chi connectivity index (χ2n) is 6.34. The van der Waals surface area contributed by atoms with Crippen molar-refractivity contribution < 1.29 is 9.21 Å². The second kappa shape index (κ2) is 7.45. The van der Waals surface area contributed by atoms with Crippen molar-refractivity contribution in [3.63, 3.8) is 0 Å². The lowest BCUT2D eigenvalue weighted by Gasteiger charge is -2.06. The van der Waals surface area contributed by atoms with E-state index in [0.717, 1.165) is 16.6 Å². The molecule has 136 valence electrons. The molecule has 0 spiro atoms. The van der Waals surface area contributed by atoms with Gasteiger partial charge >= 0.3 is 0 Å². The van der Waals surface area contributed by atoms with Crippen LogP contribution in [0.25, 0.3) is 22.5 Å². The van der Waals surface area contributed by atoms with Crippen LogP contribution in [0.3, 0.4) is 0 Å². The van der Waals surface area contributed by atoms with Crippen LogP contribution < -0.4 is 5.32 Å². The van der Waals surface area contributed by atoms with Crippen molar-refractivity contribution in [2.24, 2.45) is 0 Å². The fourth-order valence-corrected chi connectivity index (χ4v) is 3.02. The highest BCUT2D eigenvalue weighted by molar-refractivity contribution is 5.78. The Balaban J connectivity index is 1.35. The number of carbonyl (C=O) groups excluding carboxylic acids is 1. The van der Waals surface area contributed by atoms with E-state index in [1.54, 1.807) is 6.33 Å². The third kappa shape index (κ3) is 3.74. The number of nitrogens with one attached hydrogen (secondary N) is 1. The molecule has 6 heteroatoms. The molecule has 4 aromatic rings. The summed E-state index contributed by atoms with van der Waals surface area (Å²) in [5.74, 6) is 1.14. The number of oxazole rings is 1. The Morgan fingerprint density at radius 3 is 2.74 bits per heavy atom. The zero-order valence-corrected chi connectivity index (χ0v) is 15.1. The van der Waals surface area contributed by atoms with Crippen LogP contribution in [0, 0.1) is 6.92 Å². The van der Waals surface area contributed by atoms with Crippen LogP contribution in [0.5, 0.6) is 0 Å². The van der Waals surface area contributed by atoms with Gasteiger partial charge in [-0.3, -0.25) is 4.79 Å². The monoisotopic (exact) mass is 360 g/mol. The van der Waals surface area contributed by atoms with E-state index in [4.69, 9.17) is 4.42 Å². The normalized spacial score (nSPS) is 11.0. The van der Waals surface area contributed by atoms with Crippen molar-refractivity contribution >= 4 is 16.9 Å². The Hall–Kier alpha value is -3.41. The quantitative estimate of drug-likeness (QED) is 0.572. The van der Waals surface area contributed by atoms with Crippen LogP contribution in [0.4, 0.5) is 0 Å². The number of hydrogen-bond acceptors (Lipinski definition) is 4. The van der Waals surface area contributed by atoms with Gasteiger partial charge in [0.05, 0.1) is 29.5 Å². The number of hydrogen-bond donors (Lipinski definition) is 1. The summed E-state index contributed by atoms with van der Waals surface area (Å²) in [5.41, 5.74) is 3.58. The zero-order chi connectivity index (χ0) is 18.6. The van der Waals surface area contributed by atoms with Gasteiger partial charge in [-0.1, -0.05) is 30.3 Å². The maximum atomic E-state index is 12.3. The molecular formula is C21H20N4O2. The van der Waals surface area contributed by atoms with E-state index in [2.05, 4.69) is 15.3 Å². The van der Waals surface area contributed by atoms with Crippen molar-refractivity contribution in [3.8, 4) is 11.5 Å². The van der Waals surface area contributed by atoms with Gasteiger partial charge in [0, 0.05) is 18.7 Å². The predicted molar refractivity (Wildman–Crippen MR) is 103 cm³/mol. The first kappa shape index (κ1) is 17.0. The fourth-order valence-electron chi connectivity index (χ4n) is 3.02. The first-order chi connectivity index (χ1) is 13.2. The van der Waals surface area contributed by atoms with Gasteiger partial charge in [0.15, 0.2) is 0 Å². The summed E-state index contributed by atoms with van der Waals surface area (Å²) in [6.07, 6.45) is 2.00. The number of rotatable bonds is 6. The molecule has 6 nitrogen and oxygen atoms in total. The molecule has 0 saturated heterocycles. The third-order valence-electron chi connectivity index (χ3n) is 4.44. The average molecular weight is 360 g/mol. The number of fused-ring (bicyclic) bond motifs is 1. The number of amides is 1. The van der Waals surface area contributed by atoms with Crippen LogP contribution >= 0.6 is 0 Å². The van der Waals surface area contributed by atoms with Gasteiger partial charge in [0.1, 0.15) is 5.76 Å². The molecule has 0 unspecified atom stereocenters. The summed E-state index contributed by atoms with van der Waals surface area (Å²) in [4.78, 5) is 21.1. The van der Waals surface area contributed by atoms with Gasteiger partial charge in [-0.05, 0) is 31.2 Å². The van der Waals surface area contributed by atoms with Gasteiger partial charge in [0.2, 0.25) is 11.8 Å². The minimum absolute atomic E-state index is 0.0737. The molecule has 0 saturated carbocycles. The molecule has 0 bridgehead atoms. The Labute approximate surface area is 156 Å². The number of imidazole rings is 1. The first-order valence-corrected chi connectivity index (χ1v) is 8.89. The van der Waals surface area contributed by atoms with Crippen LogP contribution in [0.15, 0.2) is 65.3 Å². The van der Waals surface area contributed by atoms with Crippen molar-refractivity contribution in [1.82, 2.24) is 19.9 Å². The standard InChI is InChI=1S/C21H20N4O2/c1-15-18(24-21(27-15)16-7-3-2-4-8-16)13-20(26)22-11-12-25-14-23-17-9-5-6-10-19(17)25/h2-10,14H,11-13H2,1H3,(H,22,26). The van der Waals surface area contributed by atoms with Gasteiger partial charge in [-0.25, -0.2) is 9.97 Å². The molecule has 27 heavy (non-hydrogen) atoms. The largest absolute Gasteiger partial charge is 0.441 e. The van der Waals surface area contributed by atoms with Crippen LogP contribution in [-0.4, -0.2) is 27.0 Å². The molecule has 2 aromatic heterocycles. The Kier molecular flexibility index (Phi) is 4.70. The first-order valence-electron chi connectivity index (χ1n) is 8.89.